The van der Waals surface area contributed by atoms with E-state index in [1.807, 2.05) is 36.4 Å². The molecule has 0 atom stereocenters. The lowest BCUT2D eigenvalue weighted by Gasteiger charge is -2.02. The van der Waals surface area contributed by atoms with Gasteiger partial charge in [-0.1, -0.05) is 48.6 Å². The fraction of sp³-hybridized carbons (Fsp3) is 0.0455. The number of aliphatic carboxylic acids is 1. The lowest BCUT2D eigenvalue weighted by atomic mass is 10.0. The van der Waals surface area contributed by atoms with Gasteiger partial charge in [-0.05, 0) is 51.7 Å². The molecule has 0 unspecified atom stereocenters. The number of carboxylic acid groups (broad SMARTS) is 2. The second kappa shape index (κ2) is 10.1. The Hall–Kier alpha value is -4.14. The largest absolute Gasteiger partial charge is 0.490 e. The Morgan fingerprint density at radius 3 is 1.74 bits per heavy atom. The van der Waals surface area contributed by atoms with E-state index in [1.165, 1.54) is 0 Å². The SMILES string of the molecule is NN=Cc1ccc2cc(C=Cc3ccc(C(=O)O)cc3)ccc2c1.O=C(O)C(F)(F)F. The summed E-state index contributed by atoms with van der Waals surface area (Å²) in [7, 11) is 0. The third-order valence-corrected chi connectivity index (χ3v) is 3.98. The number of hydrogen-bond acceptors (Lipinski definition) is 4. The molecule has 0 aliphatic rings. The molecule has 6 nitrogen and oxygen atoms in total. The first-order chi connectivity index (χ1) is 14.6. The molecule has 0 bridgehead atoms. The number of carboxylic acids is 2. The zero-order valence-electron chi connectivity index (χ0n) is 15.9. The van der Waals surface area contributed by atoms with Crippen LogP contribution in [0.25, 0.3) is 22.9 Å². The summed E-state index contributed by atoms with van der Waals surface area (Å²) in [6.45, 7) is 0. The summed E-state index contributed by atoms with van der Waals surface area (Å²) in [6, 6.07) is 19.0. The van der Waals surface area contributed by atoms with Gasteiger partial charge in [-0.2, -0.15) is 18.3 Å². The van der Waals surface area contributed by atoms with E-state index in [1.54, 1.807) is 30.5 Å². The molecule has 0 aliphatic heterocycles. The van der Waals surface area contributed by atoms with Gasteiger partial charge in [0.25, 0.3) is 0 Å². The van der Waals surface area contributed by atoms with Crippen LogP contribution < -0.4 is 5.84 Å². The van der Waals surface area contributed by atoms with Crippen molar-refractivity contribution in [3.05, 3.63) is 82.9 Å². The van der Waals surface area contributed by atoms with Gasteiger partial charge < -0.3 is 16.1 Å². The van der Waals surface area contributed by atoms with Crippen LogP contribution >= 0.6 is 0 Å². The number of nitrogens with zero attached hydrogens (tertiary/aromatic N) is 1. The number of carbonyl (C=O) groups is 2. The van der Waals surface area contributed by atoms with E-state index in [-0.39, 0.29) is 5.56 Å². The van der Waals surface area contributed by atoms with E-state index in [0.717, 1.165) is 27.5 Å². The smallest absolute Gasteiger partial charge is 0.478 e. The van der Waals surface area contributed by atoms with Gasteiger partial charge in [-0.25, -0.2) is 9.59 Å². The minimum atomic E-state index is -5.08. The highest BCUT2D eigenvalue weighted by Gasteiger charge is 2.38. The van der Waals surface area contributed by atoms with Crippen molar-refractivity contribution < 1.29 is 33.0 Å². The number of hydrazone groups is 1. The topological polar surface area (TPSA) is 113 Å². The number of alkyl halides is 3. The van der Waals surface area contributed by atoms with Crippen molar-refractivity contribution in [2.45, 2.75) is 6.18 Å². The molecule has 0 heterocycles. The fourth-order valence-corrected chi connectivity index (χ4v) is 2.48. The summed E-state index contributed by atoms with van der Waals surface area (Å²) < 4.78 is 31.7. The Bertz CT molecular complexity index is 1140. The van der Waals surface area contributed by atoms with E-state index in [4.69, 9.17) is 20.9 Å². The Labute approximate surface area is 174 Å². The average molecular weight is 430 g/mol. The molecule has 31 heavy (non-hydrogen) atoms. The maximum absolute atomic E-state index is 10.8. The van der Waals surface area contributed by atoms with Gasteiger partial charge in [0, 0.05) is 0 Å². The van der Waals surface area contributed by atoms with Gasteiger partial charge in [0.1, 0.15) is 0 Å². The molecular formula is C22H17F3N2O4. The maximum Gasteiger partial charge on any atom is 0.490 e. The van der Waals surface area contributed by atoms with Crippen LogP contribution in [-0.4, -0.2) is 34.5 Å². The van der Waals surface area contributed by atoms with Crippen molar-refractivity contribution in [3.8, 4) is 0 Å². The molecule has 0 saturated carbocycles. The molecule has 0 radical (unpaired) electrons. The van der Waals surface area contributed by atoms with Crippen LogP contribution in [0.5, 0.6) is 0 Å². The summed E-state index contributed by atoms with van der Waals surface area (Å²) in [6.07, 6.45) is 0.501. The molecule has 160 valence electrons. The lowest BCUT2D eigenvalue weighted by molar-refractivity contribution is -0.192. The molecular weight excluding hydrogens is 413 g/mol. The molecule has 0 saturated heterocycles. The van der Waals surface area contributed by atoms with Crippen LogP contribution in [0.2, 0.25) is 0 Å². The van der Waals surface area contributed by atoms with Crippen LogP contribution in [0.1, 0.15) is 27.0 Å². The lowest BCUT2D eigenvalue weighted by Crippen LogP contribution is -2.21. The van der Waals surface area contributed by atoms with E-state index in [2.05, 4.69) is 17.2 Å². The van der Waals surface area contributed by atoms with Gasteiger partial charge >= 0.3 is 18.1 Å². The van der Waals surface area contributed by atoms with E-state index < -0.39 is 18.1 Å². The third kappa shape index (κ3) is 7.00. The van der Waals surface area contributed by atoms with Crippen LogP contribution in [0.15, 0.2) is 65.8 Å². The minimum absolute atomic E-state index is 0.287. The van der Waals surface area contributed by atoms with Crippen LogP contribution in [0.3, 0.4) is 0 Å². The summed E-state index contributed by atoms with van der Waals surface area (Å²) in [5.74, 6) is 1.50. The molecule has 4 N–H and O–H groups in total. The summed E-state index contributed by atoms with van der Waals surface area (Å²) >= 11 is 0. The summed E-state index contributed by atoms with van der Waals surface area (Å²) in [5.41, 5.74) is 3.28. The monoisotopic (exact) mass is 430 g/mol. The number of nitrogens with two attached hydrogens (primary N) is 1. The molecule has 3 rings (SSSR count). The number of halogens is 3. The number of fused-ring (bicyclic) bond motifs is 1. The molecule has 0 fully saturated rings. The molecule has 0 amide bonds. The van der Waals surface area contributed by atoms with Crippen molar-refractivity contribution in [3.63, 3.8) is 0 Å². The van der Waals surface area contributed by atoms with Crippen molar-refractivity contribution in [2.75, 3.05) is 0 Å². The van der Waals surface area contributed by atoms with E-state index >= 15 is 0 Å². The first-order valence-corrected chi connectivity index (χ1v) is 8.69. The van der Waals surface area contributed by atoms with E-state index in [9.17, 15) is 18.0 Å². The number of aromatic carboxylic acids is 1. The highest BCUT2D eigenvalue weighted by atomic mass is 19.4. The first-order valence-electron chi connectivity index (χ1n) is 8.69. The van der Waals surface area contributed by atoms with Crippen molar-refractivity contribution in [1.29, 1.82) is 0 Å². The van der Waals surface area contributed by atoms with Gasteiger partial charge in [0.05, 0.1) is 11.8 Å². The molecule has 0 spiro atoms. The summed E-state index contributed by atoms with van der Waals surface area (Å²) in [4.78, 5) is 19.7. The zero-order valence-corrected chi connectivity index (χ0v) is 15.9. The van der Waals surface area contributed by atoms with Crippen molar-refractivity contribution in [1.82, 2.24) is 0 Å². The maximum atomic E-state index is 10.8. The Kier molecular flexibility index (Phi) is 7.51. The van der Waals surface area contributed by atoms with Gasteiger partial charge in [0.2, 0.25) is 0 Å². The summed E-state index contributed by atoms with van der Waals surface area (Å²) in [5, 5.41) is 21.8. The van der Waals surface area contributed by atoms with Crippen LogP contribution in [0, 0.1) is 0 Å². The highest BCUT2D eigenvalue weighted by Crippen LogP contribution is 2.19. The Morgan fingerprint density at radius 1 is 0.806 bits per heavy atom. The Morgan fingerprint density at radius 2 is 1.26 bits per heavy atom. The predicted molar refractivity (Wildman–Crippen MR) is 112 cm³/mol. The number of hydrogen-bond donors (Lipinski definition) is 3. The number of rotatable bonds is 4. The fourth-order valence-electron chi connectivity index (χ4n) is 2.48. The minimum Gasteiger partial charge on any atom is -0.478 e. The molecule has 3 aromatic rings. The Balaban J connectivity index is 0.000000423. The van der Waals surface area contributed by atoms with Gasteiger partial charge in [-0.3, -0.25) is 0 Å². The third-order valence-electron chi connectivity index (χ3n) is 3.98. The van der Waals surface area contributed by atoms with E-state index in [0.29, 0.717) is 0 Å². The second-order valence-corrected chi connectivity index (χ2v) is 6.21. The first kappa shape index (κ1) is 23.1. The average Bonchev–Trinajstić information content (AvgIpc) is 2.72. The second-order valence-electron chi connectivity index (χ2n) is 6.21. The molecule has 9 heteroatoms. The molecule has 0 aromatic heterocycles. The van der Waals surface area contributed by atoms with Crippen LogP contribution in [-0.2, 0) is 4.79 Å². The van der Waals surface area contributed by atoms with Crippen molar-refractivity contribution in [2.24, 2.45) is 10.9 Å². The number of benzene rings is 3. The zero-order chi connectivity index (χ0) is 23.0. The standard InChI is InChI=1S/C20H16N2O2.C2HF3O2/c21-22-13-16-6-10-18-11-15(5-9-19(18)12-16)2-1-14-3-7-17(8-4-14)20(23)24;3-2(4,5)1(6)7/h1-13H,21H2,(H,23,24);(H,6,7). The quantitative estimate of drug-likeness (QED) is 0.242. The van der Waals surface area contributed by atoms with Gasteiger partial charge in [0.15, 0.2) is 0 Å². The molecule has 3 aromatic carbocycles. The predicted octanol–water partition coefficient (Wildman–Crippen LogP) is 4.63. The normalized spacial score (nSPS) is 11.5. The van der Waals surface area contributed by atoms with Crippen LogP contribution in [0.4, 0.5) is 13.2 Å². The molecule has 0 aliphatic carbocycles. The highest BCUT2D eigenvalue weighted by molar-refractivity contribution is 5.92. The van der Waals surface area contributed by atoms with Gasteiger partial charge in [-0.15, -0.1) is 0 Å². The van der Waals surface area contributed by atoms with Crippen molar-refractivity contribution >= 4 is 41.1 Å².